The molecule has 25 heavy (non-hydrogen) atoms. The average Bonchev–Trinajstić information content (AvgIpc) is 2.58. The lowest BCUT2D eigenvalue weighted by Crippen LogP contribution is -2.07. The number of pyridine rings is 2. The van der Waals surface area contributed by atoms with Gasteiger partial charge in [-0.3, -0.25) is 4.79 Å². The van der Waals surface area contributed by atoms with Crippen LogP contribution in [0.2, 0.25) is 0 Å². The molecule has 7 heteroatoms. The van der Waals surface area contributed by atoms with E-state index in [2.05, 4.69) is 15.3 Å². The first-order valence-electron chi connectivity index (χ1n) is 7.39. The fraction of sp³-hybridized carbons (Fsp3) is 0. The number of aromatic nitrogens is 2. The first-order valence-corrected chi connectivity index (χ1v) is 7.39. The predicted molar refractivity (Wildman–Crippen MR) is 91.2 cm³/mol. The second-order valence-electron chi connectivity index (χ2n) is 5.50. The van der Waals surface area contributed by atoms with Gasteiger partial charge in [0.05, 0.1) is 16.6 Å². The van der Waals surface area contributed by atoms with Crippen molar-refractivity contribution in [3.05, 3.63) is 70.6 Å². The lowest BCUT2D eigenvalue weighted by molar-refractivity contribution is 0.475. The zero-order valence-electron chi connectivity index (χ0n) is 12.7. The van der Waals surface area contributed by atoms with Gasteiger partial charge in [-0.25, -0.2) is 13.8 Å². The van der Waals surface area contributed by atoms with Gasteiger partial charge in [0, 0.05) is 23.0 Å². The fourth-order valence-corrected chi connectivity index (χ4v) is 2.76. The van der Waals surface area contributed by atoms with E-state index in [1.807, 2.05) is 0 Å². The Morgan fingerprint density at radius 3 is 2.60 bits per heavy atom. The van der Waals surface area contributed by atoms with Gasteiger partial charge in [-0.05, 0) is 36.4 Å². The van der Waals surface area contributed by atoms with E-state index in [-0.39, 0.29) is 28.2 Å². The van der Waals surface area contributed by atoms with Crippen molar-refractivity contribution >= 4 is 33.2 Å². The molecule has 0 fully saturated rings. The molecule has 3 N–H and O–H groups in total. The third-order valence-electron chi connectivity index (χ3n) is 3.89. The number of phenolic OH excluding ortho intramolecular Hbond substituents is 1. The summed E-state index contributed by atoms with van der Waals surface area (Å²) in [6.45, 7) is 0. The van der Waals surface area contributed by atoms with Crippen molar-refractivity contribution in [3.8, 4) is 5.75 Å². The average molecular weight is 339 g/mol. The fourth-order valence-electron chi connectivity index (χ4n) is 2.76. The molecule has 0 unspecified atom stereocenters. The van der Waals surface area contributed by atoms with Crippen LogP contribution in [-0.2, 0) is 0 Å². The van der Waals surface area contributed by atoms with E-state index >= 15 is 0 Å². The number of fused-ring (bicyclic) bond motifs is 3. The zero-order chi connectivity index (χ0) is 17.6. The SMILES string of the molecule is O=c1[nH]ccc2nc(Nc3cc(F)ccc3O)c3ccc(F)cc3c12. The molecule has 124 valence electrons. The molecule has 2 aromatic heterocycles. The van der Waals surface area contributed by atoms with E-state index in [0.717, 1.165) is 12.1 Å². The number of benzene rings is 2. The minimum Gasteiger partial charge on any atom is -0.506 e. The molecule has 0 aliphatic carbocycles. The number of aromatic amines is 1. The third-order valence-corrected chi connectivity index (χ3v) is 3.89. The summed E-state index contributed by atoms with van der Waals surface area (Å²) in [5.74, 6) is -0.922. The van der Waals surface area contributed by atoms with E-state index in [0.29, 0.717) is 16.3 Å². The van der Waals surface area contributed by atoms with Crippen LogP contribution in [0.4, 0.5) is 20.3 Å². The molecule has 0 aliphatic rings. The third kappa shape index (κ3) is 2.55. The lowest BCUT2D eigenvalue weighted by Gasteiger charge is -2.12. The monoisotopic (exact) mass is 339 g/mol. The summed E-state index contributed by atoms with van der Waals surface area (Å²) in [5, 5.41) is 13.8. The summed E-state index contributed by atoms with van der Waals surface area (Å²) in [6.07, 6.45) is 1.44. The Balaban J connectivity index is 2.03. The van der Waals surface area contributed by atoms with Gasteiger partial charge in [0.25, 0.3) is 5.56 Å². The maximum atomic E-state index is 13.7. The second kappa shape index (κ2) is 5.55. The maximum Gasteiger partial charge on any atom is 0.258 e. The first-order chi connectivity index (χ1) is 12.0. The van der Waals surface area contributed by atoms with Crippen LogP contribution in [0.25, 0.3) is 21.7 Å². The standard InChI is InChI=1S/C18H11F2N3O2/c19-9-1-3-11-12(7-9)16-13(5-6-21-18(16)25)22-17(11)23-14-8-10(20)2-4-15(14)24/h1-8,24H,(H,21,25)(H,22,23). The first kappa shape index (κ1) is 15.1. The highest BCUT2D eigenvalue weighted by Gasteiger charge is 2.13. The summed E-state index contributed by atoms with van der Waals surface area (Å²) in [7, 11) is 0. The van der Waals surface area contributed by atoms with Gasteiger partial charge >= 0.3 is 0 Å². The Labute approximate surface area is 139 Å². The Morgan fingerprint density at radius 2 is 1.76 bits per heavy atom. The summed E-state index contributed by atoms with van der Waals surface area (Å²) >= 11 is 0. The van der Waals surface area contributed by atoms with Gasteiger partial charge in [-0.1, -0.05) is 0 Å². The van der Waals surface area contributed by atoms with Crippen molar-refractivity contribution in [2.24, 2.45) is 0 Å². The van der Waals surface area contributed by atoms with Crippen molar-refractivity contribution in [2.45, 2.75) is 0 Å². The van der Waals surface area contributed by atoms with E-state index in [1.165, 1.54) is 30.5 Å². The summed E-state index contributed by atoms with van der Waals surface area (Å²) in [4.78, 5) is 19.1. The quantitative estimate of drug-likeness (QED) is 0.383. The molecule has 2 heterocycles. The molecule has 0 atom stereocenters. The highest BCUT2D eigenvalue weighted by atomic mass is 19.1. The molecule has 2 aromatic carbocycles. The van der Waals surface area contributed by atoms with Crippen molar-refractivity contribution in [1.82, 2.24) is 9.97 Å². The van der Waals surface area contributed by atoms with Crippen LogP contribution >= 0.6 is 0 Å². The number of anilines is 2. The molecule has 0 bridgehead atoms. The zero-order valence-corrected chi connectivity index (χ0v) is 12.7. The molecule has 0 spiro atoms. The summed E-state index contributed by atoms with van der Waals surface area (Å²) in [5.41, 5.74) is 0.0725. The number of halogens is 2. The summed E-state index contributed by atoms with van der Waals surface area (Å²) in [6, 6.07) is 9.00. The number of H-pyrrole nitrogens is 1. The molecular weight excluding hydrogens is 328 g/mol. The molecule has 0 aliphatic heterocycles. The van der Waals surface area contributed by atoms with E-state index < -0.39 is 11.6 Å². The highest BCUT2D eigenvalue weighted by molar-refractivity contribution is 6.10. The van der Waals surface area contributed by atoms with Gasteiger partial charge in [0.2, 0.25) is 0 Å². The molecule has 0 radical (unpaired) electrons. The van der Waals surface area contributed by atoms with Crippen molar-refractivity contribution < 1.29 is 13.9 Å². The van der Waals surface area contributed by atoms with Crippen molar-refractivity contribution in [2.75, 3.05) is 5.32 Å². The number of nitrogens with one attached hydrogen (secondary N) is 2. The van der Waals surface area contributed by atoms with Crippen LogP contribution in [0.1, 0.15) is 0 Å². The minimum absolute atomic E-state index is 0.113. The predicted octanol–water partition coefficient (Wildman–Crippen LogP) is 3.80. The molecule has 4 rings (SSSR count). The number of hydrogen-bond donors (Lipinski definition) is 3. The van der Waals surface area contributed by atoms with E-state index in [1.54, 1.807) is 6.07 Å². The largest absolute Gasteiger partial charge is 0.506 e. The Bertz CT molecular complexity index is 1190. The highest BCUT2D eigenvalue weighted by Crippen LogP contribution is 2.33. The van der Waals surface area contributed by atoms with Gasteiger partial charge < -0.3 is 15.4 Å². The van der Waals surface area contributed by atoms with Crippen LogP contribution < -0.4 is 10.9 Å². The van der Waals surface area contributed by atoms with Gasteiger partial charge in [-0.15, -0.1) is 0 Å². The Hall–Kier alpha value is -3.48. The van der Waals surface area contributed by atoms with Crippen molar-refractivity contribution in [1.29, 1.82) is 0 Å². The molecule has 0 saturated heterocycles. The van der Waals surface area contributed by atoms with E-state index in [9.17, 15) is 18.7 Å². The number of aromatic hydroxyl groups is 1. The molecule has 4 aromatic rings. The van der Waals surface area contributed by atoms with Crippen LogP contribution in [0, 0.1) is 11.6 Å². The molecule has 0 saturated carbocycles. The second-order valence-corrected chi connectivity index (χ2v) is 5.50. The number of rotatable bonds is 2. The van der Waals surface area contributed by atoms with Crippen LogP contribution in [0.3, 0.4) is 0 Å². The Morgan fingerprint density at radius 1 is 1.00 bits per heavy atom. The summed E-state index contributed by atoms with van der Waals surface area (Å²) < 4.78 is 27.2. The molecule has 5 nitrogen and oxygen atoms in total. The van der Waals surface area contributed by atoms with Crippen molar-refractivity contribution in [3.63, 3.8) is 0 Å². The smallest absolute Gasteiger partial charge is 0.258 e. The number of nitrogens with zero attached hydrogens (tertiary/aromatic N) is 1. The minimum atomic E-state index is -0.534. The maximum absolute atomic E-state index is 13.7. The van der Waals surface area contributed by atoms with Crippen LogP contribution in [-0.4, -0.2) is 15.1 Å². The normalized spacial score (nSPS) is 11.1. The van der Waals surface area contributed by atoms with Crippen LogP contribution in [0.15, 0.2) is 53.5 Å². The lowest BCUT2D eigenvalue weighted by atomic mass is 10.1. The van der Waals surface area contributed by atoms with Gasteiger partial charge in [0.1, 0.15) is 23.2 Å². The van der Waals surface area contributed by atoms with E-state index in [4.69, 9.17) is 0 Å². The van der Waals surface area contributed by atoms with Gasteiger partial charge in [-0.2, -0.15) is 0 Å². The number of phenols is 1. The Kier molecular flexibility index (Phi) is 3.35. The number of hydrogen-bond acceptors (Lipinski definition) is 4. The molecular formula is C18H11F2N3O2. The van der Waals surface area contributed by atoms with Crippen LogP contribution in [0.5, 0.6) is 5.75 Å². The molecule has 0 amide bonds. The van der Waals surface area contributed by atoms with Gasteiger partial charge in [0.15, 0.2) is 0 Å². The topological polar surface area (TPSA) is 78.0 Å².